The molecular weight excluding hydrogens is 445 g/mol. The average Bonchev–Trinajstić information content (AvgIpc) is 3.13. The number of nitrogens with zero attached hydrogens (tertiary/aromatic N) is 3. The van der Waals surface area contributed by atoms with Crippen molar-refractivity contribution >= 4 is 41.7 Å². The van der Waals surface area contributed by atoms with E-state index < -0.39 is 0 Å². The molecule has 0 radical (unpaired) electrons. The Labute approximate surface area is 174 Å². The summed E-state index contributed by atoms with van der Waals surface area (Å²) in [5.74, 6) is 2.19. The molecule has 0 saturated carbocycles. The van der Waals surface area contributed by atoms with Gasteiger partial charge in [0.15, 0.2) is 5.96 Å². The van der Waals surface area contributed by atoms with Gasteiger partial charge in [-0.3, -0.25) is 4.68 Å². The molecule has 1 aliphatic heterocycles. The minimum Gasteiger partial charge on any atom is -0.357 e. The third kappa shape index (κ3) is 6.05. The van der Waals surface area contributed by atoms with Crippen molar-refractivity contribution in [1.82, 2.24) is 20.4 Å². The second kappa shape index (κ2) is 10.6. The number of halogens is 1. The van der Waals surface area contributed by atoms with Crippen molar-refractivity contribution in [1.29, 1.82) is 0 Å². The minimum atomic E-state index is 0. The zero-order valence-electron chi connectivity index (χ0n) is 16.3. The summed E-state index contributed by atoms with van der Waals surface area (Å²) in [5, 5.41) is 11.6. The molecule has 1 aromatic rings. The van der Waals surface area contributed by atoms with E-state index in [1.165, 1.54) is 35.5 Å². The third-order valence-corrected chi connectivity index (χ3v) is 6.24. The third-order valence-electron chi connectivity index (χ3n) is 4.70. The van der Waals surface area contributed by atoms with Crippen molar-refractivity contribution in [3.8, 4) is 0 Å². The van der Waals surface area contributed by atoms with Crippen LogP contribution in [0.4, 0.5) is 0 Å². The standard InChI is InChI=1S/C18H33N5S.HI/c1-6-15-14(16(7-2)23(5)22-15)12-20-17(19-8-3)21-13-18(4)10-9-11-24-18;/h6-13H2,1-5H3,(H2,19,20,21);1H. The van der Waals surface area contributed by atoms with E-state index in [9.17, 15) is 0 Å². The molecule has 1 aliphatic rings. The molecule has 2 rings (SSSR count). The first kappa shape index (κ1) is 22.6. The Hall–Kier alpha value is -0.440. The number of thioether (sulfide) groups is 1. The summed E-state index contributed by atoms with van der Waals surface area (Å²) in [5.41, 5.74) is 3.76. The van der Waals surface area contributed by atoms with Crippen LogP contribution in [0, 0.1) is 0 Å². The van der Waals surface area contributed by atoms with Crippen LogP contribution in [0.15, 0.2) is 4.99 Å². The normalized spacial score (nSPS) is 20.4. The molecule has 7 heteroatoms. The number of rotatable bonds is 7. The van der Waals surface area contributed by atoms with Crippen molar-refractivity contribution < 1.29 is 0 Å². The summed E-state index contributed by atoms with van der Waals surface area (Å²) < 4.78 is 2.36. The second-order valence-corrected chi connectivity index (χ2v) is 8.34. The van der Waals surface area contributed by atoms with Gasteiger partial charge in [0.1, 0.15) is 0 Å². The minimum absolute atomic E-state index is 0. The van der Waals surface area contributed by atoms with Crippen LogP contribution < -0.4 is 10.6 Å². The van der Waals surface area contributed by atoms with Crippen LogP contribution in [0.25, 0.3) is 0 Å². The number of aromatic nitrogens is 2. The lowest BCUT2D eigenvalue weighted by atomic mass is 10.1. The van der Waals surface area contributed by atoms with Crippen molar-refractivity contribution in [2.24, 2.45) is 12.0 Å². The number of nitrogens with one attached hydrogen (secondary N) is 2. The molecule has 0 amide bonds. The van der Waals surface area contributed by atoms with Gasteiger partial charge >= 0.3 is 0 Å². The van der Waals surface area contributed by atoms with E-state index >= 15 is 0 Å². The molecule has 1 fully saturated rings. The maximum atomic E-state index is 4.84. The fourth-order valence-corrected chi connectivity index (χ4v) is 4.56. The Balaban J connectivity index is 0.00000312. The summed E-state index contributed by atoms with van der Waals surface area (Å²) in [7, 11) is 2.03. The molecule has 0 spiro atoms. The molecule has 1 aromatic heterocycles. The predicted octanol–water partition coefficient (Wildman–Crippen LogP) is 3.50. The largest absolute Gasteiger partial charge is 0.357 e. The fourth-order valence-electron chi connectivity index (χ4n) is 3.32. The summed E-state index contributed by atoms with van der Waals surface area (Å²) in [6.07, 6.45) is 4.56. The van der Waals surface area contributed by atoms with Crippen LogP contribution in [-0.4, -0.2) is 39.3 Å². The van der Waals surface area contributed by atoms with Gasteiger partial charge in [-0.1, -0.05) is 13.8 Å². The van der Waals surface area contributed by atoms with E-state index in [1.807, 2.05) is 11.7 Å². The molecule has 144 valence electrons. The summed E-state index contributed by atoms with van der Waals surface area (Å²) in [4.78, 5) is 4.84. The first-order chi connectivity index (χ1) is 11.5. The topological polar surface area (TPSA) is 54.2 Å². The number of hydrogen-bond acceptors (Lipinski definition) is 3. The van der Waals surface area contributed by atoms with Gasteiger partial charge in [-0.15, -0.1) is 24.0 Å². The summed E-state index contributed by atoms with van der Waals surface area (Å²) in [6.45, 7) is 11.4. The van der Waals surface area contributed by atoms with Crippen LogP contribution >= 0.6 is 35.7 Å². The van der Waals surface area contributed by atoms with Gasteiger partial charge < -0.3 is 10.6 Å². The Morgan fingerprint density at radius 2 is 2.04 bits per heavy atom. The molecule has 0 aliphatic carbocycles. The number of aliphatic imine (C=N–C) groups is 1. The lowest BCUT2D eigenvalue weighted by Gasteiger charge is -2.24. The quantitative estimate of drug-likeness (QED) is 0.357. The van der Waals surface area contributed by atoms with E-state index in [4.69, 9.17) is 4.99 Å². The molecule has 1 unspecified atom stereocenters. The molecule has 25 heavy (non-hydrogen) atoms. The molecule has 1 saturated heterocycles. The molecule has 0 aromatic carbocycles. The first-order valence-corrected chi connectivity index (χ1v) is 10.2. The zero-order chi connectivity index (χ0) is 17.6. The number of guanidine groups is 1. The molecular formula is C18H34IN5S. The van der Waals surface area contributed by atoms with Crippen molar-refractivity contribution in [3.05, 3.63) is 17.0 Å². The Morgan fingerprint density at radius 3 is 2.60 bits per heavy atom. The summed E-state index contributed by atoms with van der Waals surface area (Å²) >= 11 is 2.08. The lowest BCUT2D eigenvalue weighted by molar-refractivity contribution is 0.584. The van der Waals surface area contributed by atoms with Gasteiger partial charge in [-0.25, -0.2) is 4.99 Å². The summed E-state index contributed by atoms with van der Waals surface area (Å²) in [6, 6.07) is 0. The zero-order valence-corrected chi connectivity index (χ0v) is 19.5. The Bertz CT molecular complexity index is 564. The van der Waals surface area contributed by atoms with Crippen LogP contribution in [-0.2, 0) is 26.4 Å². The SMILES string of the molecule is CCNC(=NCc1c(CC)nn(C)c1CC)NCC1(C)CCCS1.I. The monoisotopic (exact) mass is 479 g/mol. The van der Waals surface area contributed by atoms with Gasteiger partial charge in [-0.2, -0.15) is 16.9 Å². The molecule has 5 nitrogen and oxygen atoms in total. The van der Waals surface area contributed by atoms with Crippen LogP contribution in [0.1, 0.15) is 57.5 Å². The van der Waals surface area contributed by atoms with Gasteiger partial charge in [0.25, 0.3) is 0 Å². The molecule has 2 N–H and O–H groups in total. The van der Waals surface area contributed by atoms with Gasteiger partial charge in [0, 0.05) is 36.1 Å². The van der Waals surface area contributed by atoms with Gasteiger partial charge in [-0.05, 0) is 45.3 Å². The highest BCUT2D eigenvalue weighted by molar-refractivity contribution is 14.0. The first-order valence-electron chi connectivity index (χ1n) is 9.22. The highest BCUT2D eigenvalue weighted by atomic mass is 127. The Kier molecular flexibility index (Phi) is 9.62. The Morgan fingerprint density at radius 1 is 1.28 bits per heavy atom. The van der Waals surface area contributed by atoms with Crippen LogP contribution in [0.3, 0.4) is 0 Å². The number of hydrogen-bond donors (Lipinski definition) is 2. The molecule has 1 atom stereocenters. The smallest absolute Gasteiger partial charge is 0.191 e. The van der Waals surface area contributed by atoms with E-state index in [-0.39, 0.29) is 24.0 Å². The predicted molar refractivity (Wildman–Crippen MR) is 120 cm³/mol. The highest BCUT2D eigenvalue weighted by Crippen LogP contribution is 2.36. The fraction of sp³-hybridized carbons (Fsp3) is 0.778. The molecule has 0 bridgehead atoms. The van der Waals surface area contributed by atoms with Gasteiger partial charge in [0.2, 0.25) is 0 Å². The maximum absolute atomic E-state index is 4.84. The highest BCUT2D eigenvalue weighted by Gasteiger charge is 2.29. The van der Waals surface area contributed by atoms with Crippen molar-refractivity contribution in [2.45, 2.75) is 64.7 Å². The molecule has 2 heterocycles. The maximum Gasteiger partial charge on any atom is 0.191 e. The van der Waals surface area contributed by atoms with E-state index in [0.717, 1.165) is 31.9 Å². The van der Waals surface area contributed by atoms with Crippen molar-refractivity contribution in [2.75, 3.05) is 18.8 Å². The van der Waals surface area contributed by atoms with Crippen molar-refractivity contribution in [3.63, 3.8) is 0 Å². The van der Waals surface area contributed by atoms with Crippen LogP contribution in [0.5, 0.6) is 0 Å². The van der Waals surface area contributed by atoms with E-state index in [0.29, 0.717) is 11.3 Å². The lowest BCUT2D eigenvalue weighted by Crippen LogP contribution is -2.43. The number of aryl methyl sites for hydroxylation is 2. The van der Waals surface area contributed by atoms with E-state index in [1.54, 1.807) is 0 Å². The van der Waals surface area contributed by atoms with Gasteiger partial charge in [0.05, 0.1) is 12.2 Å². The second-order valence-electron chi connectivity index (χ2n) is 6.65. The van der Waals surface area contributed by atoms with Crippen LogP contribution in [0.2, 0.25) is 0 Å². The average molecular weight is 479 g/mol. The van der Waals surface area contributed by atoms with E-state index in [2.05, 4.69) is 55.2 Å².